The highest BCUT2D eigenvalue weighted by Gasteiger charge is 2.15. The fourth-order valence-electron chi connectivity index (χ4n) is 2.11. The molecule has 0 aliphatic carbocycles. The van der Waals surface area contributed by atoms with Crippen molar-refractivity contribution >= 4 is 0 Å². The van der Waals surface area contributed by atoms with Gasteiger partial charge in [0.15, 0.2) is 11.5 Å². The van der Waals surface area contributed by atoms with Crippen LogP contribution in [0.15, 0.2) is 18.2 Å². The summed E-state index contributed by atoms with van der Waals surface area (Å²) >= 11 is 0. The van der Waals surface area contributed by atoms with Crippen LogP contribution in [0.2, 0.25) is 0 Å². The summed E-state index contributed by atoms with van der Waals surface area (Å²) in [5.41, 5.74) is 7.02. The first kappa shape index (κ1) is 14.2. The Morgan fingerprint density at radius 3 is 2.63 bits per heavy atom. The van der Waals surface area contributed by atoms with Crippen LogP contribution in [0.4, 0.5) is 0 Å². The molecule has 19 heavy (non-hydrogen) atoms. The van der Waals surface area contributed by atoms with E-state index in [2.05, 4.69) is 25.2 Å². The molecule has 4 heteroatoms. The maximum Gasteiger partial charge on any atom is 0.161 e. The van der Waals surface area contributed by atoms with Gasteiger partial charge in [-0.2, -0.15) is 0 Å². The van der Waals surface area contributed by atoms with Gasteiger partial charge in [0, 0.05) is 19.0 Å². The average molecular weight is 264 g/mol. The molecule has 2 rings (SSSR count). The van der Waals surface area contributed by atoms with Crippen molar-refractivity contribution in [2.45, 2.75) is 26.3 Å². The predicted molar refractivity (Wildman–Crippen MR) is 76.7 cm³/mol. The highest BCUT2D eigenvalue weighted by atomic mass is 16.5. The largest absolute Gasteiger partial charge is 0.490 e. The van der Waals surface area contributed by atoms with Gasteiger partial charge in [-0.15, -0.1) is 0 Å². The lowest BCUT2D eigenvalue weighted by Crippen LogP contribution is -2.30. The van der Waals surface area contributed by atoms with Crippen molar-refractivity contribution in [2.75, 3.05) is 26.3 Å². The lowest BCUT2D eigenvalue weighted by molar-refractivity contribution is 0.297. The van der Waals surface area contributed by atoms with Crippen LogP contribution in [0.5, 0.6) is 11.5 Å². The number of ether oxygens (including phenoxy) is 2. The van der Waals surface area contributed by atoms with Gasteiger partial charge in [0.1, 0.15) is 0 Å². The summed E-state index contributed by atoms with van der Waals surface area (Å²) in [5, 5.41) is 3.49. The third-order valence-electron chi connectivity index (χ3n) is 3.18. The zero-order valence-electron chi connectivity index (χ0n) is 11.8. The zero-order valence-corrected chi connectivity index (χ0v) is 11.8. The van der Waals surface area contributed by atoms with E-state index in [-0.39, 0.29) is 6.04 Å². The third kappa shape index (κ3) is 3.85. The van der Waals surface area contributed by atoms with E-state index in [1.807, 2.05) is 12.1 Å². The number of benzene rings is 1. The third-order valence-corrected chi connectivity index (χ3v) is 3.18. The first-order valence-corrected chi connectivity index (χ1v) is 7.03. The van der Waals surface area contributed by atoms with Crippen LogP contribution < -0.4 is 20.5 Å². The Kier molecular flexibility index (Phi) is 5.05. The van der Waals surface area contributed by atoms with Gasteiger partial charge in [-0.25, -0.2) is 0 Å². The molecule has 0 saturated heterocycles. The van der Waals surface area contributed by atoms with E-state index in [4.69, 9.17) is 15.2 Å². The van der Waals surface area contributed by atoms with Crippen LogP contribution in [-0.2, 0) is 0 Å². The summed E-state index contributed by atoms with van der Waals surface area (Å²) in [4.78, 5) is 0. The van der Waals surface area contributed by atoms with Gasteiger partial charge in [0.2, 0.25) is 0 Å². The Labute approximate surface area is 115 Å². The highest BCUT2D eigenvalue weighted by molar-refractivity contribution is 5.44. The van der Waals surface area contributed by atoms with E-state index in [0.29, 0.717) is 19.1 Å². The summed E-state index contributed by atoms with van der Waals surface area (Å²) < 4.78 is 11.4. The number of rotatable bonds is 5. The molecular weight excluding hydrogens is 240 g/mol. The predicted octanol–water partition coefficient (Wildman–Crippen LogP) is 2.09. The quantitative estimate of drug-likeness (QED) is 0.855. The molecule has 1 aliphatic rings. The van der Waals surface area contributed by atoms with Crippen LogP contribution in [0.3, 0.4) is 0 Å². The van der Waals surface area contributed by atoms with Crippen LogP contribution in [-0.4, -0.2) is 26.3 Å². The second-order valence-corrected chi connectivity index (χ2v) is 5.35. The molecular formula is C15H24N2O2. The molecule has 1 aromatic carbocycles. The zero-order chi connectivity index (χ0) is 13.7. The van der Waals surface area contributed by atoms with E-state index in [1.54, 1.807) is 0 Å². The number of nitrogens with one attached hydrogen (secondary N) is 1. The summed E-state index contributed by atoms with van der Waals surface area (Å²) in [6.07, 6.45) is 0.927. The van der Waals surface area contributed by atoms with Crippen LogP contribution in [0, 0.1) is 5.92 Å². The lowest BCUT2D eigenvalue weighted by atomic mass is 10.1. The van der Waals surface area contributed by atoms with Gasteiger partial charge in [-0.05, 0) is 30.2 Å². The molecule has 4 nitrogen and oxygen atoms in total. The minimum absolute atomic E-state index is 0.166. The van der Waals surface area contributed by atoms with Crippen molar-refractivity contribution in [3.8, 4) is 11.5 Å². The van der Waals surface area contributed by atoms with Gasteiger partial charge in [0.05, 0.1) is 13.2 Å². The summed E-state index contributed by atoms with van der Waals surface area (Å²) in [6.45, 7) is 7.34. The summed E-state index contributed by atoms with van der Waals surface area (Å²) in [7, 11) is 0. The Bertz CT molecular complexity index is 407. The second kappa shape index (κ2) is 6.78. The van der Waals surface area contributed by atoms with Gasteiger partial charge >= 0.3 is 0 Å². The van der Waals surface area contributed by atoms with E-state index in [0.717, 1.165) is 36.6 Å². The van der Waals surface area contributed by atoms with E-state index in [9.17, 15) is 0 Å². The fourth-order valence-corrected chi connectivity index (χ4v) is 2.11. The fraction of sp³-hybridized carbons (Fsp3) is 0.600. The molecule has 0 saturated carbocycles. The van der Waals surface area contributed by atoms with Crippen molar-refractivity contribution in [3.63, 3.8) is 0 Å². The molecule has 1 aliphatic heterocycles. The molecule has 0 bridgehead atoms. The molecule has 0 spiro atoms. The molecule has 1 atom stereocenters. The van der Waals surface area contributed by atoms with E-state index in [1.165, 1.54) is 0 Å². The first-order chi connectivity index (χ1) is 9.20. The van der Waals surface area contributed by atoms with Crippen molar-refractivity contribution < 1.29 is 9.47 Å². The molecule has 1 aromatic rings. The summed E-state index contributed by atoms with van der Waals surface area (Å²) in [6, 6.07) is 6.26. The topological polar surface area (TPSA) is 56.5 Å². The van der Waals surface area contributed by atoms with Crippen molar-refractivity contribution in [1.82, 2.24) is 5.32 Å². The number of fused-ring (bicyclic) bond motifs is 1. The smallest absolute Gasteiger partial charge is 0.161 e. The molecule has 0 fully saturated rings. The molecule has 0 radical (unpaired) electrons. The monoisotopic (exact) mass is 264 g/mol. The number of hydrogen-bond donors (Lipinski definition) is 2. The summed E-state index contributed by atoms with van der Waals surface area (Å²) in [5.74, 6) is 2.27. The Hall–Kier alpha value is -1.26. The Morgan fingerprint density at radius 1 is 1.21 bits per heavy atom. The van der Waals surface area contributed by atoms with Crippen molar-refractivity contribution in [1.29, 1.82) is 0 Å². The number of nitrogens with two attached hydrogens (primary N) is 1. The van der Waals surface area contributed by atoms with Gasteiger partial charge in [0.25, 0.3) is 0 Å². The molecule has 3 N–H and O–H groups in total. The van der Waals surface area contributed by atoms with Crippen LogP contribution in [0.25, 0.3) is 0 Å². The first-order valence-electron chi connectivity index (χ1n) is 7.03. The molecule has 1 heterocycles. The van der Waals surface area contributed by atoms with E-state index < -0.39 is 0 Å². The van der Waals surface area contributed by atoms with Gasteiger partial charge < -0.3 is 20.5 Å². The minimum atomic E-state index is 0.166. The minimum Gasteiger partial charge on any atom is -0.490 e. The van der Waals surface area contributed by atoms with Crippen LogP contribution in [0.1, 0.15) is 31.9 Å². The van der Waals surface area contributed by atoms with Crippen LogP contribution >= 0.6 is 0 Å². The maximum atomic E-state index is 5.86. The lowest BCUT2D eigenvalue weighted by Gasteiger charge is -2.20. The molecule has 1 unspecified atom stereocenters. The SMILES string of the molecule is CC(C)CNC(CN)c1ccc2c(c1)OCCCO2. The second-order valence-electron chi connectivity index (χ2n) is 5.35. The molecule has 0 amide bonds. The van der Waals surface area contributed by atoms with Gasteiger partial charge in [-0.1, -0.05) is 19.9 Å². The van der Waals surface area contributed by atoms with E-state index >= 15 is 0 Å². The number of hydrogen-bond acceptors (Lipinski definition) is 4. The van der Waals surface area contributed by atoms with Crippen molar-refractivity contribution in [3.05, 3.63) is 23.8 Å². The van der Waals surface area contributed by atoms with Crippen molar-refractivity contribution in [2.24, 2.45) is 11.7 Å². The maximum absolute atomic E-state index is 5.86. The molecule has 106 valence electrons. The molecule has 0 aromatic heterocycles. The standard InChI is InChI=1S/C15H24N2O2/c1-11(2)10-17-13(9-16)12-4-5-14-15(8-12)19-7-3-6-18-14/h4-5,8,11,13,17H,3,6-7,9-10,16H2,1-2H3. The average Bonchev–Trinajstić information content (AvgIpc) is 2.63. The normalized spacial score (nSPS) is 16.2. The Balaban J connectivity index is 2.12. The Morgan fingerprint density at radius 2 is 1.95 bits per heavy atom. The highest BCUT2D eigenvalue weighted by Crippen LogP contribution is 2.32. The van der Waals surface area contributed by atoms with Gasteiger partial charge in [-0.3, -0.25) is 0 Å².